The molecule has 6 heteroatoms. The van der Waals surface area contributed by atoms with Gasteiger partial charge in [-0.2, -0.15) is 0 Å². The summed E-state index contributed by atoms with van der Waals surface area (Å²) < 4.78 is 35.1. The SMILES string of the molecule is COc1ccccc1NS(=O)(=O)c1ccc(-n2c(C)ccc2C)cc1. The predicted molar refractivity (Wildman–Crippen MR) is 99.0 cm³/mol. The topological polar surface area (TPSA) is 60.3 Å². The smallest absolute Gasteiger partial charge is 0.262 e. The quantitative estimate of drug-likeness (QED) is 0.754. The second-order valence-electron chi connectivity index (χ2n) is 5.75. The maximum absolute atomic E-state index is 12.6. The molecule has 25 heavy (non-hydrogen) atoms. The van der Waals surface area contributed by atoms with E-state index in [0.29, 0.717) is 11.4 Å². The van der Waals surface area contributed by atoms with Crippen LogP contribution in [0.2, 0.25) is 0 Å². The molecular formula is C19H20N2O3S. The Labute approximate surface area is 147 Å². The zero-order chi connectivity index (χ0) is 18.0. The Morgan fingerprint density at radius 2 is 1.48 bits per heavy atom. The lowest BCUT2D eigenvalue weighted by Crippen LogP contribution is -2.13. The Morgan fingerprint density at radius 1 is 0.880 bits per heavy atom. The number of hydrogen-bond acceptors (Lipinski definition) is 3. The predicted octanol–water partition coefficient (Wildman–Crippen LogP) is 3.90. The van der Waals surface area contributed by atoms with Crippen molar-refractivity contribution in [3.63, 3.8) is 0 Å². The number of rotatable bonds is 5. The molecule has 3 rings (SSSR count). The molecule has 0 saturated carbocycles. The third kappa shape index (κ3) is 3.39. The van der Waals surface area contributed by atoms with Crippen LogP contribution in [0.15, 0.2) is 65.6 Å². The minimum Gasteiger partial charge on any atom is -0.495 e. The summed E-state index contributed by atoms with van der Waals surface area (Å²) in [5, 5.41) is 0. The van der Waals surface area contributed by atoms with E-state index in [2.05, 4.69) is 9.29 Å². The average Bonchev–Trinajstić information content (AvgIpc) is 2.94. The summed E-state index contributed by atoms with van der Waals surface area (Å²) in [7, 11) is -2.19. The van der Waals surface area contributed by atoms with Gasteiger partial charge in [-0.15, -0.1) is 0 Å². The van der Waals surface area contributed by atoms with Crippen LogP contribution in [0.1, 0.15) is 11.4 Å². The molecule has 0 aliphatic rings. The van der Waals surface area contributed by atoms with Crippen LogP contribution >= 0.6 is 0 Å². The van der Waals surface area contributed by atoms with E-state index in [1.54, 1.807) is 48.5 Å². The second kappa shape index (κ2) is 6.64. The number of aryl methyl sites for hydroxylation is 2. The van der Waals surface area contributed by atoms with E-state index >= 15 is 0 Å². The van der Waals surface area contributed by atoms with Crippen LogP contribution in [0, 0.1) is 13.8 Å². The van der Waals surface area contributed by atoms with E-state index in [4.69, 9.17) is 4.74 Å². The van der Waals surface area contributed by atoms with Crippen LogP contribution in [-0.4, -0.2) is 20.1 Å². The van der Waals surface area contributed by atoms with E-state index in [1.807, 2.05) is 26.0 Å². The first kappa shape index (κ1) is 17.1. The first-order valence-corrected chi connectivity index (χ1v) is 9.32. The standard InChI is InChI=1S/C19H20N2O3S/c1-14-8-9-15(2)21(14)16-10-12-17(13-11-16)25(22,23)20-18-6-4-5-7-19(18)24-3/h4-13,20H,1-3H3. The molecule has 0 aliphatic carbocycles. The fourth-order valence-electron chi connectivity index (χ4n) is 2.78. The molecule has 0 spiro atoms. The zero-order valence-corrected chi connectivity index (χ0v) is 15.2. The largest absolute Gasteiger partial charge is 0.495 e. The molecule has 130 valence electrons. The van der Waals surface area contributed by atoms with Crippen LogP contribution in [0.3, 0.4) is 0 Å². The zero-order valence-electron chi connectivity index (χ0n) is 14.4. The van der Waals surface area contributed by atoms with Gasteiger partial charge < -0.3 is 9.30 Å². The maximum Gasteiger partial charge on any atom is 0.262 e. The molecule has 1 N–H and O–H groups in total. The number of para-hydroxylation sites is 2. The Bertz CT molecular complexity index is 970. The van der Waals surface area contributed by atoms with Crippen molar-refractivity contribution in [2.45, 2.75) is 18.7 Å². The summed E-state index contributed by atoms with van der Waals surface area (Å²) in [6.07, 6.45) is 0. The van der Waals surface area contributed by atoms with Gasteiger partial charge >= 0.3 is 0 Å². The van der Waals surface area contributed by atoms with E-state index in [-0.39, 0.29) is 4.90 Å². The molecule has 3 aromatic rings. The minimum absolute atomic E-state index is 0.199. The number of aromatic nitrogens is 1. The van der Waals surface area contributed by atoms with E-state index in [0.717, 1.165) is 17.1 Å². The normalized spacial score (nSPS) is 11.3. The Hall–Kier alpha value is -2.73. The Morgan fingerprint density at radius 3 is 2.08 bits per heavy atom. The van der Waals surface area contributed by atoms with Crippen molar-refractivity contribution in [3.05, 3.63) is 72.1 Å². The number of benzene rings is 2. The lowest BCUT2D eigenvalue weighted by atomic mass is 10.3. The molecular weight excluding hydrogens is 336 g/mol. The summed E-state index contributed by atoms with van der Waals surface area (Å²) in [5.41, 5.74) is 3.53. The molecule has 5 nitrogen and oxygen atoms in total. The molecule has 1 aromatic heterocycles. The van der Waals surface area contributed by atoms with Crippen molar-refractivity contribution in [1.29, 1.82) is 0 Å². The van der Waals surface area contributed by atoms with Crippen LogP contribution in [0.4, 0.5) is 5.69 Å². The van der Waals surface area contributed by atoms with Crippen molar-refractivity contribution in [2.24, 2.45) is 0 Å². The van der Waals surface area contributed by atoms with Gasteiger partial charge in [0, 0.05) is 17.1 Å². The van der Waals surface area contributed by atoms with Gasteiger partial charge in [0.15, 0.2) is 0 Å². The summed E-state index contributed by atoms with van der Waals surface area (Å²) in [5.74, 6) is 0.473. The van der Waals surface area contributed by atoms with Crippen LogP contribution < -0.4 is 9.46 Å². The van der Waals surface area contributed by atoms with Gasteiger partial charge in [0.25, 0.3) is 10.0 Å². The fourth-order valence-corrected chi connectivity index (χ4v) is 3.85. The summed E-state index contributed by atoms with van der Waals surface area (Å²) >= 11 is 0. The van der Waals surface area contributed by atoms with E-state index in [1.165, 1.54) is 7.11 Å². The van der Waals surface area contributed by atoms with Crippen molar-refractivity contribution >= 4 is 15.7 Å². The molecule has 0 radical (unpaired) electrons. The summed E-state index contributed by atoms with van der Waals surface area (Å²) in [6, 6.07) is 17.8. The molecule has 0 amide bonds. The maximum atomic E-state index is 12.6. The Balaban J connectivity index is 1.91. The molecule has 0 aliphatic heterocycles. The highest BCUT2D eigenvalue weighted by Crippen LogP contribution is 2.26. The first-order chi connectivity index (χ1) is 11.9. The van der Waals surface area contributed by atoms with Gasteiger partial charge in [0.1, 0.15) is 5.75 Å². The third-order valence-electron chi connectivity index (χ3n) is 4.03. The highest BCUT2D eigenvalue weighted by atomic mass is 32.2. The van der Waals surface area contributed by atoms with E-state index in [9.17, 15) is 8.42 Å². The number of hydrogen-bond donors (Lipinski definition) is 1. The number of ether oxygens (including phenoxy) is 1. The number of sulfonamides is 1. The second-order valence-corrected chi connectivity index (χ2v) is 7.43. The van der Waals surface area contributed by atoms with Gasteiger partial charge in [-0.1, -0.05) is 12.1 Å². The van der Waals surface area contributed by atoms with E-state index < -0.39 is 10.0 Å². The summed E-state index contributed by atoms with van der Waals surface area (Å²) in [4.78, 5) is 0.199. The van der Waals surface area contributed by atoms with Crippen LogP contribution in [-0.2, 0) is 10.0 Å². The number of methoxy groups -OCH3 is 1. The van der Waals surface area contributed by atoms with Crippen molar-refractivity contribution in [3.8, 4) is 11.4 Å². The van der Waals surface area contributed by atoms with Crippen LogP contribution in [0.25, 0.3) is 5.69 Å². The van der Waals surface area contributed by atoms with Gasteiger partial charge in [-0.05, 0) is 62.4 Å². The Kier molecular flexibility index (Phi) is 4.55. The number of nitrogens with one attached hydrogen (secondary N) is 1. The number of anilines is 1. The molecule has 0 saturated heterocycles. The minimum atomic E-state index is -3.69. The van der Waals surface area contributed by atoms with Crippen molar-refractivity contribution in [2.75, 3.05) is 11.8 Å². The fraction of sp³-hybridized carbons (Fsp3) is 0.158. The van der Waals surface area contributed by atoms with Gasteiger partial charge in [0.05, 0.1) is 17.7 Å². The monoisotopic (exact) mass is 356 g/mol. The highest BCUT2D eigenvalue weighted by Gasteiger charge is 2.16. The molecule has 0 bridgehead atoms. The molecule has 1 heterocycles. The molecule has 2 aromatic carbocycles. The lowest BCUT2D eigenvalue weighted by Gasteiger charge is -2.13. The average molecular weight is 356 g/mol. The van der Waals surface area contributed by atoms with Crippen LogP contribution in [0.5, 0.6) is 5.75 Å². The first-order valence-electron chi connectivity index (χ1n) is 7.83. The van der Waals surface area contributed by atoms with Gasteiger partial charge in [-0.3, -0.25) is 4.72 Å². The van der Waals surface area contributed by atoms with Gasteiger partial charge in [-0.25, -0.2) is 8.42 Å². The highest BCUT2D eigenvalue weighted by molar-refractivity contribution is 7.92. The number of nitrogens with zero attached hydrogens (tertiary/aromatic N) is 1. The molecule has 0 atom stereocenters. The van der Waals surface area contributed by atoms with Gasteiger partial charge in [0.2, 0.25) is 0 Å². The third-order valence-corrected chi connectivity index (χ3v) is 5.41. The summed E-state index contributed by atoms with van der Waals surface area (Å²) in [6.45, 7) is 4.03. The van der Waals surface area contributed by atoms with Crippen molar-refractivity contribution < 1.29 is 13.2 Å². The molecule has 0 unspecified atom stereocenters. The van der Waals surface area contributed by atoms with Crippen molar-refractivity contribution in [1.82, 2.24) is 4.57 Å². The lowest BCUT2D eigenvalue weighted by molar-refractivity contribution is 0.417. The molecule has 0 fully saturated rings.